The molecule has 0 saturated carbocycles. The molecule has 0 fully saturated rings. The highest BCUT2D eigenvalue weighted by Gasteiger charge is 2.26. The lowest BCUT2D eigenvalue weighted by molar-refractivity contribution is 0.480. The van der Waals surface area contributed by atoms with Crippen molar-refractivity contribution in [3.8, 4) is 11.3 Å². The first-order valence-electron chi connectivity index (χ1n) is 12.0. The summed E-state index contributed by atoms with van der Waals surface area (Å²) >= 11 is 0. The highest BCUT2D eigenvalue weighted by atomic mass is 14.9. The van der Waals surface area contributed by atoms with Crippen molar-refractivity contribution in [3.05, 3.63) is 102 Å². The molecule has 0 amide bonds. The molecule has 3 aromatic carbocycles. The fourth-order valence-corrected chi connectivity index (χ4v) is 4.44. The molecule has 2 N–H and O–H groups in total. The summed E-state index contributed by atoms with van der Waals surface area (Å²) in [5, 5.41) is 1.07. The summed E-state index contributed by atoms with van der Waals surface area (Å²) in [6.45, 7) is 6.56. The Morgan fingerprint density at radius 3 is 2.18 bits per heavy atom. The van der Waals surface area contributed by atoms with E-state index in [4.69, 9.17) is 15.7 Å². The van der Waals surface area contributed by atoms with Crippen LogP contribution in [0.5, 0.6) is 0 Å². The fraction of sp³-hybridized carbons (Fsp3) is 0.267. The van der Waals surface area contributed by atoms with E-state index in [0.717, 1.165) is 53.4 Å². The number of rotatable bonds is 8. The van der Waals surface area contributed by atoms with Gasteiger partial charge in [0.1, 0.15) is 5.84 Å². The van der Waals surface area contributed by atoms with E-state index in [1.165, 1.54) is 11.1 Å². The molecule has 1 aromatic heterocycles. The molecule has 4 rings (SSSR count). The standard InChI is InChI=1S/C30H33N3/c1-4-6-19-25-27(29(31)33-30(3,5-2)23-17-11-8-12-18-23)24-20-13-14-21-26(24)32-28(25)22-15-9-7-10-16-22/h7-18,20-21H,4-6,19H2,1-3H3,(H2,31,33). The van der Waals surface area contributed by atoms with Crippen LogP contribution in [0.2, 0.25) is 0 Å². The summed E-state index contributed by atoms with van der Waals surface area (Å²) < 4.78 is 0. The molecule has 1 atom stereocenters. The summed E-state index contributed by atoms with van der Waals surface area (Å²) in [6.07, 6.45) is 3.95. The van der Waals surface area contributed by atoms with Gasteiger partial charge in [0.25, 0.3) is 0 Å². The number of benzene rings is 3. The molecule has 0 aliphatic carbocycles. The van der Waals surface area contributed by atoms with Crippen LogP contribution in [0.1, 0.15) is 56.7 Å². The van der Waals surface area contributed by atoms with Crippen LogP contribution in [0.3, 0.4) is 0 Å². The van der Waals surface area contributed by atoms with Gasteiger partial charge >= 0.3 is 0 Å². The molecule has 0 spiro atoms. The van der Waals surface area contributed by atoms with Crippen LogP contribution in [0.15, 0.2) is 89.9 Å². The average Bonchev–Trinajstić information content (AvgIpc) is 2.87. The normalized spacial score (nSPS) is 13.7. The lowest BCUT2D eigenvalue weighted by Crippen LogP contribution is -2.26. The number of hydrogen-bond acceptors (Lipinski definition) is 2. The number of aliphatic imine (C=N–C) groups is 1. The Morgan fingerprint density at radius 1 is 0.879 bits per heavy atom. The maximum absolute atomic E-state index is 6.90. The Morgan fingerprint density at radius 2 is 1.52 bits per heavy atom. The number of amidine groups is 1. The second kappa shape index (κ2) is 9.99. The molecular formula is C30H33N3. The summed E-state index contributed by atoms with van der Waals surface area (Å²) in [6, 6.07) is 29.2. The zero-order valence-corrected chi connectivity index (χ0v) is 19.9. The number of pyridine rings is 1. The molecule has 1 unspecified atom stereocenters. The molecule has 0 radical (unpaired) electrons. The second-order valence-electron chi connectivity index (χ2n) is 8.79. The lowest BCUT2D eigenvalue weighted by Gasteiger charge is -2.26. The highest BCUT2D eigenvalue weighted by Crippen LogP contribution is 2.34. The molecule has 0 aliphatic rings. The third-order valence-electron chi connectivity index (χ3n) is 6.53. The first-order chi connectivity index (χ1) is 16.1. The van der Waals surface area contributed by atoms with Crippen molar-refractivity contribution < 1.29 is 0 Å². The van der Waals surface area contributed by atoms with Crippen molar-refractivity contribution >= 4 is 16.7 Å². The number of unbranched alkanes of at least 4 members (excludes halogenated alkanes) is 1. The van der Waals surface area contributed by atoms with Gasteiger partial charge in [0.2, 0.25) is 0 Å². The summed E-state index contributed by atoms with van der Waals surface area (Å²) in [4.78, 5) is 10.3. The molecule has 0 aliphatic heterocycles. The number of hydrogen-bond donors (Lipinski definition) is 1. The van der Waals surface area contributed by atoms with Gasteiger partial charge in [0.15, 0.2) is 0 Å². The van der Waals surface area contributed by atoms with Crippen LogP contribution >= 0.6 is 0 Å². The largest absolute Gasteiger partial charge is 0.383 e. The van der Waals surface area contributed by atoms with Gasteiger partial charge in [0, 0.05) is 16.5 Å². The van der Waals surface area contributed by atoms with E-state index in [0.29, 0.717) is 5.84 Å². The number of nitrogens with zero attached hydrogens (tertiary/aromatic N) is 2. The smallest absolute Gasteiger partial charge is 0.127 e. The molecule has 3 nitrogen and oxygen atoms in total. The van der Waals surface area contributed by atoms with Gasteiger partial charge in [-0.3, -0.25) is 4.99 Å². The average molecular weight is 436 g/mol. The van der Waals surface area contributed by atoms with E-state index in [9.17, 15) is 0 Å². The molecule has 4 aromatic rings. The summed E-state index contributed by atoms with van der Waals surface area (Å²) in [7, 11) is 0. The van der Waals surface area contributed by atoms with Crippen LogP contribution in [-0.2, 0) is 12.0 Å². The van der Waals surface area contributed by atoms with Crippen LogP contribution in [-0.4, -0.2) is 10.8 Å². The predicted molar refractivity (Wildman–Crippen MR) is 141 cm³/mol. The van der Waals surface area contributed by atoms with Crippen LogP contribution in [0.25, 0.3) is 22.2 Å². The van der Waals surface area contributed by atoms with Gasteiger partial charge in [-0.2, -0.15) is 0 Å². The Kier molecular flexibility index (Phi) is 6.88. The van der Waals surface area contributed by atoms with E-state index in [1.807, 2.05) is 18.2 Å². The van der Waals surface area contributed by atoms with Crippen molar-refractivity contribution in [2.45, 2.75) is 52.0 Å². The fourth-order valence-electron chi connectivity index (χ4n) is 4.44. The van der Waals surface area contributed by atoms with Crippen molar-refractivity contribution in [3.63, 3.8) is 0 Å². The molecule has 33 heavy (non-hydrogen) atoms. The zero-order chi connectivity index (χ0) is 23.3. The van der Waals surface area contributed by atoms with Gasteiger partial charge < -0.3 is 5.73 Å². The Labute approximate surface area is 197 Å². The zero-order valence-electron chi connectivity index (χ0n) is 19.9. The molecule has 1 heterocycles. The monoisotopic (exact) mass is 435 g/mol. The van der Waals surface area contributed by atoms with E-state index in [-0.39, 0.29) is 0 Å². The van der Waals surface area contributed by atoms with Gasteiger partial charge in [-0.15, -0.1) is 0 Å². The lowest BCUT2D eigenvalue weighted by atomic mass is 9.89. The molecule has 0 bridgehead atoms. The molecular weight excluding hydrogens is 402 g/mol. The van der Waals surface area contributed by atoms with E-state index in [1.54, 1.807) is 0 Å². The van der Waals surface area contributed by atoms with E-state index in [2.05, 4.69) is 87.5 Å². The Hall–Kier alpha value is -3.46. The minimum Gasteiger partial charge on any atom is -0.383 e. The van der Waals surface area contributed by atoms with Crippen LogP contribution < -0.4 is 5.73 Å². The van der Waals surface area contributed by atoms with Gasteiger partial charge in [-0.1, -0.05) is 99.1 Å². The second-order valence-corrected chi connectivity index (χ2v) is 8.79. The number of para-hydroxylation sites is 1. The van der Waals surface area contributed by atoms with Crippen molar-refractivity contribution in [1.82, 2.24) is 4.98 Å². The Bertz CT molecular complexity index is 1250. The Balaban J connectivity index is 1.99. The van der Waals surface area contributed by atoms with Gasteiger partial charge in [0.05, 0.1) is 16.7 Å². The van der Waals surface area contributed by atoms with Gasteiger partial charge in [-0.25, -0.2) is 4.98 Å². The topological polar surface area (TPSA) is 51.3 Å². The molecule has 0 saturated heterocycles. The predicted octanol–water partition coefficient (Wildman–Crippen LogP) is 7.28. The first kappa shape index (κ1) is 22.7. The van der Waals surface area contributed by atoms with E-state index < -0.39 is 5.54 Å². The van der Waals surface area contributed by atoms with Crippen molar-refractivity contribution in [1.29, 1.82) is 0 Å². The SMILES string of the molecule is CCCCc1c(-c2ccccc2)nc2ccccc2c1C(N)=NC(C)(CC)c1ccccc1. The molecule has 168 valence electrons. The number of nitrogens with two attached hydrogens (primary N) is 1. The third-order valence-corrected chi connectivity index (χ3v) is 6.53. The van der Waals surface area contributed by atoms with Crippen molar-refractivity contribution in [2.75, 3.05) is 0 Å². The number of aromatic nitrogens is 1. The third kappa shape index (κ3) is 4.68. The summed E-state index contributed by atoms with van der Waals surface area (Å²) in [5.41, 5.74) is 13.0. The first-order valence-corrected chi connectivity index (χ1v) is 12.0. The quantitative estimate of drug-likeness (QED) is 0.234. The van der Waals surface area contributed by atoms with Crippen molar-refractivity contribution in [2.24, 2.45) is 10.7 Å². The highest BCUT2D eigenvalue weighted by molar-refractivity contribution is 6.11. The molecule has 3 heteroatoms. The number of fused-ring (bicyclic) bond motifs is 1. The summed E-state index contributed by atoms with van der Waals surface area (Å²) in [5.74, 6) is 0.588. The minimum absolute atomic E-state index is 0.398. The minimum atomic E-state index is -0.398. The van der Waals surface area contributed by atoms with E-state index >= 15 is 0 Å². The van der Waals surface area contributed by atoms with Crippen LogP contribution in [0.4, 0.5) is 0 Å². The maximum Gasteiger partial charge on any atom is 0.127 e. The van der Waals surface area contributed by atoms with Gasteiger partial charge in [-0.05, 0) is 43.4 Å². The maximum atomic E-state index is 6.90. The van der Waals surface area contributed by atoms with Crippen LogP contribution in [0, 0.1) is 0 Å².